The van der Waals surface area contributed by atoms with Gasteiger partial charge in [-0.05, 0) is 36.1 Å². The van der Waals surface area contributed by atoms with E-state index < -0.39 is 5.97 Å². The van der Waals surface area contributed by atoms with E-state index in [0.29, 0.717) is 17.5 Å². The Bertz CT molecular complexity index is 1250. The summed E-state index contributed by atoms with van der Waals surface area (Å²) in [5.74, 6) is -0.430. The molecule has 0 aliphatic carbocycles. The number of aromatic nitrogens is 1. The maximum atomic E-state index is 13.3. The second-order valence-corrected chi connectivity index (χ2v) is 8.21. The van der Waals surface area contributed by atoms with Crippen molar-refractivity contribution in [2.75, 3.05) is 11.4 Å². The average Bonchev–Trinajstić information content (AvgIpc) is 3.47. The molecule has 1 N–H and O–H groups in total. The van der Waals surface area contributed by atoms with Gasteiger partial charge in [0.05, 0.1) is 6.42 Å². The number of benzene rings is 3. The predicted octanol–water partition coefficient (Wildman–Crippen LogP) is 6.26. The van der Waals surface area contributed by atoms with Crippen LogP contribution >= 0.6 is 0 Å². The van der Waals surface area contributed by atoms with Crippen molar-refractivity contribution in [3.05, 3.63) is 84.7 Å². The van der Waals surface area contributed by atoms with Crippen LogP contribution in [-0.2, 0) is 4.79 Å². The van der Waals surface area contributed by atoms with Gasteiger partial charge in [0.1, 0.15) is 11.5 Å². The maximum absolute atomic E-state index is 13.3. The lowest BCUT2D eigenvalue weighted by atomic mass is 10.0. The van der Waals surface area contributed by atoms with Crippen molar-refractivity contribution in [3.8, 4) is 33.7 Å². The first kappa shape index (κ1) is 20.9. The zero-order valence-electron chi connectivity index (χ0n) is 17.9. The number of carboxylic acid groups (broad SMARTS) is 1. The molecule has 1 unspecified atom stereocenters. The molecule has 1 saturated heterocycles. The van der Waals surface area contributed by atoms with E-state index in [1.807, 2.05) is 59.5 Å². The molecule has 2 heterocycles. The molecule has 1 aliphatic rings. The van der Waals surface area contributed by atoms with E-state index in [9.17, 15) is 14.3 Å². The Balaban J connectivity index is 1.53. The number of halogens is 1. The Kier molecular flexibility index (Phi) is 5.65. The van der Waals surface area contributed by atoms with E-state index in [1.165, 1.54) is 12.1 Å². The van der Waals surface area contributed by atoms with Gasteiger partial charge in [0.15, 0.2) is 5.76 Å². The van der Waals surface area contributed by atoms with Crippen LogP contribution in [0.1, 0.15) is 19.3 Å². The highest BCUT2D eigenvalue weighted by molar-refractivity contribution is 5.79. The molecular formula is C27H23FN2O3. The van der Waals surface area contributed by atoms with Crippen LogP contribution in [0.15, 0.2) is 83.3 Å². The largest absolute Gasteiger partial charge is 0.481 e. The van der Waals surface area contributed by atoms with Gasteiger partial charge in [0.25, 0.3) is 6.01 Å². The van der Waals surface area contributed by atoms with Gasteiger partial charge in [-0.2, -0.15) is 4.98 Å². The molecular weight excluding hydrogens is 419 g/mol. The number of rotatable bonds is 6. The van der Waals surface area contributed by atoms with E-state index in [-0.39, 0.29) is 18.3 Å². The van der Waals surface area contributed by atoms with Gasteiger partial charge < -0.3 is 14.4 Å². The smallest absolute Gasteiger partial charge is 0.305 e. The summed E-state index contributed by atoms with van der Waals surface area (Å²) in [6, 6.07) is 24.4. The molecule has 5 nitrogen and oxygen atoms in total. The number of nitrogens with zero attached hydrogens (tertiary/aromatic N) is 2. The van der Waals surface area contributed by atoms with E-state index >= 15 is 0 Å². The van der Waals surface area contributed by atoms with Gasteiger partial charge in [-0.15, -0.1) is 0 Å². The first-order chi connectivity index (χ1) is 16.1. The number of hydrogen-bond donors (Lipinski definition) is 1. The first-order valence-corrected chi connectivity index (χ1v) is 11.0. The van der Waals surface area contributed by atoms with Crippen molar-refractivity contribution in [3.63, 3.8) is 0 Å². The normalized spacial score (nSPS) is 15.7. The van der Waals surface area contributed by atoms with E-state index in [4.69, 9.17) is 9.40 Å². The van der Waals surface area contributed by atoms with Crippen LogP contribution in [0.5, 0.6) is 0 Å². The van der Waals surface area contributed by atoms with E-state index in [0.717, 1.165) is 41.6 Å². The van der Waals surface area contributed by atoms with E-state index in [2.05, 4.69) is 0 Å². The van der Waals surface area contributed by atoms with Gasteiger partial charge in [0, 0.05) is 23.7 Å². The third-order valence-corrected chi connectivity index (χ3v) is 6.02. The topological polar surface area (TPSA) is 66.6 Å². The molecule has 0 saturated carbocycles. The first-order valence-electron chi connectivity index (χ1n) is 11.0. The summed E-state index contributed by atoms with van der Waals surface area (Å²) >= 11 is 0. The second kappa shape index (κ2) is 8.90. The lowest BCUT2D eigenvalue weighted by Crippen LogP contribution is -2.31. The summed E-state index contributed by atoms with van der Waals surface area (Å²) in [6.07, 6.45) is 1.77. The zero-order valence-corrected chi connectivity index (χ0v) is 17.9. The Hall–Kier alpha value is -3.93. The Labute approximate surface area is 191 Å². The number of oxazole rings is 1. The molecule has 166 valence electrons. The van der Waals surface area contributed by atoms with Gasteiger partial charge in [-0.25, -0.2) is 4.39 Å². The fourth-order valence-electron chi connectivity index (χ4n) is 4.38. The van der Waals surface area contributed by atoms with Crippen LogP contribution in [-0.4, -0.2) is 28.6 Å². The molecule has 3 aromatic carbocycles. The summed E-state index contributed by atoms with van der Waals surface area (Å²) in [4.78, 5) is 18.1. The third-order valence-electron chi connectivity index (χ3n) is 6.02. The number of hydrogen-bond acceptors (Lipinski definition) is 4. The van der Waals surface area contributed by atoms with Crippen molar-refractivity contribution in [1.29, 1.82) is 0 Å². The molecule has 5 rings (SSSR count). The van der Waals surface area contributed by atoms with Gasteiger partial charge in [-0.1, -0.05) is 66.7 Å². The molecule has 0 radical (unpaired) electrons. The lowest BCUT2D eigenvalue weighted by Gasteiger charge is -2.21. The number of aliphatic carboxylic acids is 1. The summed E-state index contributed by atoms with van der Waals surface area (Å²) in [6.45, 7) is 0.718. The van der Waals surface area contributed by atoms with Gasteiger partial charge >= 0.3 is 5.97 Å². The van der Waals surface area contributed by atoms with Crippen molar-refractivity contribution in [1.82, 2.24) is 4.98 Å². The molecule has 1 atom stereocenters. The molecule has 1 aromatic heterocycles. The molecule has 33 heavy (non-hydrogen) atoms. The fourth-order valence-corrected chi connectivity index (χ4v) is 4.38. The highest BCUT2D eigenvalue weighted by Crippen LogP contribution is 2.38. The van der Waals surface area contributed by atoms with Gasteiger partial charge in [-0.3, -0.25) is 4.79 Å². The monoisotopic (exact) mass is 442 g/mol. The molecule has 1 aliphatic heterocycles. The standard InChI is InChI=1S/C27H23FN2O3/c28-22-14-12-19(13-15-22)18-8-10-20(11-9-18)25-26(21-5-2-1-3-6-21)33-27(29-25)30-16-4-7-23(30)17-24(31)32/h1-3,5-6,8-15,23H,4,7,16-17H2,(H,31,32). The van der Waals surface area contributed by atoms with Crippen LogP contribution < -0.4 is 4.90 Å². The van der Waals surface area contributed by atoms with Crippen LogP contribution in [0.25, 0.3) is 33.7 Å². The van der Waals surface area contributed by atoms with Crippen LogP contribution in [0.4, 0.5) is 10.4 Å². The lowest BCUT2D eigenvalue weighted by molar-refractivity contribution is -0.137. The SMILES string of the molecule is O=C(O)CC1CCCN1c1nc(-c2ccc(-c3ccc(F)cc3)cc2)c(-c2ccccc2)o1. The summed E-state index contributed by atoms with van der Waals surface area (Å²) in [7, 11) is 0. The fraction of sp³-hybridized carbons (Fsp3) is 0.185. The zero-order chi connectivity index (χ0) is 22.8. The Morgan fingerprint density at radius 1 is 0.939 bits per heavy atom. The third kappa shape index (κ3) is 4.37. The molecule has 0 bridgehead atoms. The van der Waals surface area contributed by atoms with Crippen LogP contribution in [0, 0.1) is 5.82 Å². The molecule has 4 aromatic rings. The van der Waals surface area contributed by atoms with Crippen molar-refractivity contribution in [2.24, 2.45) is 0 Å². The Morgan fingerprint density at radius 2 is 1.58 bits per heavy atom. The molecule has 6 heteroatoms. The van der Waals surface area contributed by atoms with Crippen molar-refractivity contribution in [2.45, 2.75) is 25.3 Å². The molecule has 0 spiro atoms. The number of carbonyl (C=O) groups is 1. The molecule has 0 amide bonds. The van der Waals surface area contributed by atoms with Crippen LogP contribution in [0.3, 0.4) is 0 Å². The Morgan fingerprint density at radius 3 is 2.24 bits per heavy atom. The van der Waals surface area contributed by atoms with Crippen LogP contribution in [0.2, 0.25) is 0 Å². The summed E-state index contributed by atoms with van der Waals surface area (Å²) in [5, 5.41) is 9.29. The maximum Gasteiger partial charge on any atom is 0.305 e. The van der Waals surface area contributed by atoms with E-state index in [1.54, 1.807) is 12.1 Å². The number of anilines is 1. The minimum atomic E-state index is -0.821. The summed E-state index contributed by atoms with van der Waals surface area (Å²) in [5.41, 5.74) is 4.42. The predicted molar refractivity (Wildman–Crippen MR) is 125 cm³/mol. The highest BCUT2D eigenvalue weighted by atomic mass is 19.1. The minimum absolute atomic E-state index is 0.0603. The highest BCUT2D eigenvalue weighted by Gasteiger charge is 2.31. The number of carboxylic acids is 1. The minimum Gasteiger partial charge on any atom is -0.481 e. The second-order valence-electron chi connectivity index (χ2n) is 8.21. The van der Waals surface area contributed by atoms with Crippen molar-refractivity contribution < 1.29 is 18.7 Å². The quantitative estimate of drug-likeness (QED) is 0.382. The average molecular weight is 442 g/mol. The summed E-state index contributed by atoms with van der Waals surface area (Å²) < 4.78 is 19.5. The molecule has 1 fully saturated rings. The van der Waals surface area contributed by atoms with Gasteiger partial charge in [0.2, 0.25) is 0 Å². The van der Waals surface area contributed by atoms with Crippen molar-refractivity contribution >= 4 is 12.0 Å².